The third kappa shape index (κ3) is 10.7. The molecular formula is C24H29N3O6. The summed E-state index contributed by atoms with van der Waals surface area (Å²) in [5, 5.41) is 18.7. The minimum atomic E-state index is -1.26. The molecule has 0 aliphatic heterocycles. The highest BCUT2D eigenvalue weighted by atomic mass is 16.4. The van der Waals surface area contributed by atoms with Crippen molar-refractivity contribution >= 4 is 23.8 Å². The zero-order valence-corrected chi connectivity index (χ0v) is 18.3. The maximum atomic E-state index is 12.5. The van der Waals surface area contributed by atoms with Crippen molar-refractivity contribution in [3.05, 3.63) is 83.9 Å². The summed E-state index contributed by atoms with van der Waals surface area (Å²) >= 11 is 0. The minimum Gasteiger partial charge on any atom is -0.478 e. The molecule has 0 bridgehead atoms. The molecule has 33 heavy (non-hydrogen) atoms. The lowest BCUT2D eigenvalue weighted by molar-refractivity contribution is -0.134. The van der Waals surface area contributed by atoms with Crippen LogP contribution >= 0.6 is 0 Å². The van der Waals surface area contributed by atoms with Gasteiger partial charge in [-0.1, -0.05) is 60.7 Å². The summed E-state index contributed by atoms with van der Waals surface area (Å²) in [6.45, 7) is 1.98. The molecule has 2 aromatic rings. The van der Waals surface area contributed by atoms with Crippen molar-refractivity contribution in [2.75, 3.05) is 0 Å². The average Bonchev–Trinajstić information content (AvgIpc) is 2.77. The number of nitrogens with one attached hydrogen (secondary N) is 1. The molecule has 9 heteroatoms. The minimum absolute atomic E-state index is 0.0926. The van der Waals surface area contributed by atoms with E-state index in [1.807, 2.05) is 67.6 Å². The van der Waals surface area contributed by atoms with Gasteiger partial charge in [-0.2, -0.15) is 0 Å². The van der Waals surface area contributed by atoms with Gasteiger partial charge in [0, 0.05) is 18.6 Å². The van der Waals surface area contributed by atoms with Crippen LogP contribution in [0.2, 0.25) is 0 Å². The molecule has 2 amide bonds. The molecule has 9 nitrogen and oxygen atoms in total. The van der Waals surface area contributed by atoms with Crippen molar-refractivity contribution in [2.24, 2.45) is 11.5 Å². The second-order valence-electron chi connectivity index (χ2n) is 7.47. The van der Waals surface area contributed by atoms with E-state index < -0.39 is 29.4 Å². The smallest absolute Gasteiger partial charge is 0.328 e. The summed E-state index contributed by atoms with van der Waals surface area (Å²) in [5.41, 5.74) is 12.6. The lowest BCUT2D eigenvalue weighted by atomic mass is 9.85. The monoisotopic (exact) mass is 455 g/mol. The highest BCUT2D eigenvalue weighted by Gasteiger charge is 2.30. The number of rotatable bonds is 10. The molecule has 0 spiro atoms. The van der Waals surface area contributed by atoms with E-state index >= 15 is 0 Å². The van der Waals surface area contributed by atoms with Gasteiger partial charge in [-0.05, 0) is 30.9 Å². The van der Waals surface area contributed by atoms with E-state index in [-0.39, 0.29) is 18.7 Å². The van der Waals surface area contributed by atoms with E-state index in [2.05, 4.69) is 5.32 Å². The molecule has 0 radical (unpaired) electrons. The predicted octanol–water partition coefficient (Wildman–Crippen LogP) is 1.57. The first-order valence-corrected chi connectivity index (χ1v) is 10.1. The van der Waals surface area contributed by atoms with Gasteiger partial charge in [0.2, 0.25) is 11.8 Å². The molecule has 2 atom stereocenters. The molecule has 0 fully saturated rings. The van der Waals surface area contributed by atoms with Crippen LogP contribution in [0.5, 0.6) is 0 Å². The summed E-state index contributed by atoms with van der Waals surface area (Å²) in [6, 6.07) is 19.0. The van der Waals surface area contributed by atoms with E-state index in [0.717, 1.165) is 11.1 Å². The number of carbonyl (C=O) groups excluding carboxylic acids is 2. The molecule has 0 saturated carbocycles. The number of hydrogen-bond acceptors (Lipinski definition) is 5. The molecule has 0 aliphatic carbocycles. The van der Waals surface area contributed by atoms with Crippen LogP contribution in [0.4, 0.5) is 0 Å². The lowest BCUT2D eigenvalue weighted by Gasteiger charge is -2.33. The molecule has 2 aromatic carbocycles. The van der Waals surface area contributed by atoms with Crippen molar-refractivity contribution in [3.63, 3.8) is 0 Å². The number of carbonyl (C=O) groups is 4. The second-order valence-corrected chi connectivity index (χ2v) is 7.47. The van der Waals surface area contributed by atoms with Gasteiger partial charge in [-0.25, -0.2) is 9.59 Å². The Bertz CT molecular complexity index is 947. The van der Waals surface area contributed by atoms with E-state index in [0.29, 0.717) is 18.6 Å². The first-order chi connectivity index (χ1) is 15.5. The van der Waals surface area contributed by atoms with Crippen LogP contribution in [0.1, 0.15) is 30.9 Å². The van der Waals surface area contributed by atoms with Crippen molar-refractivity contribution in [3.8, 4) is 0 Å². The molecule has 0 aliphatic rings. The average molecular weight is 456 g/mol. The SMILES string of the molecule is CC(Cc1ccccc1)(NC(=O)[C@@H](N)CCC(N)=O)c1ccccc1.O=C(O)C=CC(=O)O. The van der Waals surface area contributed by atoms with Crippen LogP contribution in [0.25, 0.3) is 0 Å². The highest BCUT2D eigenvalue weighted by Crippen LogP contribution is 2.25. The predicted molar refractivity (Wildman–Crippen MR) is 123 cm³/mol. The Morgan fingerprint density at radius 3 is 1.88 bits per heavy atom. The molecule has 7 N–H and O–H groups in total. The maximum Gasteiger partial charge on any atom is 0.328 e. The van der Waals surface area contributed by atoms with Crippen LogP contribution in [0.15, 0.2) is 72.8 Å². The quantitative estimate of drug-likeness (QED) is 0.338. The van der Waals surface area contributed by atoms with E-state index in [1.165, 1.54) is 0 Å². The van der Waals surface area contributed by atoms with Gasteiger partial charge in [0.25, 0.3) is 0 Å². The fourth-order valence-electron chi connectivity index (χ4n) is 2.96. The normalized spacial score (nSPS) is 13.2. The maximum absolute atomic E-state index is 12.5. The van der Waals surface area contributed by atoms with Crippen LogP contribution < -0.4 is 16.8 Å². The van der Waals surface area contributed by atoms with Gasteiger partial charge >= 0.3 is 11.9 Å². The van der Waals surface area contributed by atoms with E-state index in [1.54, 1.807) is 0 Å². The van der Waals surface area contributed by atoms with Gasteiger partial charge < -0.3 is 27.0 Å². The fourth-order valence-corrected chi connectivity index (χ4v) is 2.96. The molecule has 0 aromatic heterocycles. The molecule has 1 unspecified atom stereocenters. The van der Waals surface area contributed by atoms with Crippen molar-refractivity contribution in [1.29, 1.82) is 0 Å². The number of primary amides is 1. The summed E-state index contributed by atoms with van der Waals surface area (Å²) in [4.78, 5) is 42.6. The summed E-state index contributed by atoms with van der Waals surface area (Å²) in [5.74, 6) is -3.26. The summed E-state index contributed by atoms with van der Waals surface area (Å²) in [6.07, 6.45) is 2.07. The van der Waals surface area contributed by atoms with Gasteiger partial charge in [0.1, 0.15) is 0 Å². The Labute approximate surface area is 192 Å². The van der Waals surface area contributed by atoms with Crippen LogP contribution in [-0.4, -0.2) is 40.0 Å². The number of nitrogens with two attached hydrogens (primary N) is 2. The molecule has 0 saturated heterocycles. The zero-order valence-electron chi connectivity index (χ0n) is 18.3. The number of benzene rings is 2. The number of hydrogen-bond donors (Lipinski definition) is 5. The fraction of sp³-hybridized carbons (Fsp3) is 0.250. The summed E-state index contributed by atoms with van der Waals surface area (Å²) < 4.78 is 0. The molecular weight excluding hydrogens is 426 g/mol. The van der Waals surface area contributed by atoms with Gasteiger partial charge in [-0.15, -0.1) is 0 Å². The first-order valence-electron chi connectivity index (χ1n) is 10.1. The number of amides is 2. The van der Waals surface area contributed by atoms with Gasteiger partial charge in [0.05, 0.1) is 11.6 Å². The zero-order chi connectivity index (χ0) is 24.9. The third-order valence-corrected chi connectivity index (χ3v) is 4.62. The van der Waals surface area contributed by atoms with Crippen molar-refractivity contribution in [2.45, 2.75) is 37.8 Å². The van der Waals surface area contributed by atoms with E-state index in [9.17, 15) is 19.2 Å². The second kappa shape index (κ2) is 13.4. The van der Waals surface area contributed by atoms with Gasteiger partial charge in [0.15, 0.2) is 0 Å². The number of carboxylic acid groups (broad SMARTS) is 2. The Balaban J connectivity index is 0.000000582. The van der Waals surface area contributed by atoms with Crippen LogP contribution in [0.3, 0.4) is 0 Å². The van der Waals surface area contributed by atoms with Crippen molar-refractivity contribution < 1.29 is 29.4 Å². The number of aliphatic carboxylic acids is 2. The van der Waals surface area contributed by atoms with Crippen molar-refractivity contribution in [1.82, 2.24) is 5.32 Å². The first kappa shape index (κ1) is 27.1. The van der Waals surface area contributed by atoms with E-state index in [4.69, 9.17) is 21.7 Å². The molecule has 0 heterocycles. The standard InChI is InChI=1S/C20H25N3O2.C4H4O4/c1-20(16-10-6-3-7-11-16,14-15-8-4-2-5-9-15)23-19(25)17(21)12-13-18(22)24;5-3(6)1-2-4(7)8/h2-11,17H,12-14,21H2,1H3,(H2,22,24)(H,23,25);1-2H,(H,5,6)(H,7,8)/t17-,20?;/m0./s1. The molecule has 176 valence electrons. The number of carboxylic acids is 2. The summed E-state index contributed by atoms with van der Waals surface area (Å²) in [7, 11) is 0. The Hall–Kier alpha value is -3.98. The van der Waals surface area contributed by atoms with Crippen LogP contribution in [-0.2, 0) is 31.1 Å². The van der Waals surface area contributed by atoms with Gasteiger partial charge in [-0.3, -0.25) is 9.59 Å². The Kier molecular flexibility index (Phi) is 11.0. The Morgan fingerprint density at radius 2 is 1.42 bits per heavy atom. The lowest BCUT2D eigenvalue weighted by Crippen LogP contribution is -2.51. The third-order valence-electron chi connectivity index (χ3n) is 4.62. The topological polar surface area (TPSA) is 173 Å². The largest absolute Gasteiger partial charge is 0.478 e. The van der Waals surface area contributed by atoms with Crippen LogP contribution in [0, 0.1) is 0 Å². The molecule has 2 rings (SSSR count). The Morgan fingerprint density at radius 1 is 0.939 bits per heavy atom. The highest BCUT2D eigenvalue weighted by molar-refractivity contribution is 5.89.